The molecule has 1 aromatic rings. The summed E-state index contributed by atoms with van der Waals surface area (Å²) in [5.74, 6) is 1.81. The Morgan fingerprint density at radius 2 is 2.10 bits per heavy atom. The second-order valence-corrected chi connectivity index (χ2v) is 6.73. The summed E-state index contributed by atoms with van der Waals surface area (Å²) in [6, 6.07) is 4.86. The van der Waals surface area contributed by atoms with E-state index in [4.69, 9.17) is 16.3 Å². The summed E-state index contributed by atoms with van der Waals surface area (Å²) in [5, 5.41) is 11.3. The van der Waals surface area contributed by atoms with Crippen molar-refractivity contribution in [1.29, 1.82) is 0 Å². The highest BCUT2D eigenvalue weighted by molar-refractivity contribution is 6.32. The maximum absolute atomic E-state index is 11.2. The number of benzene rings is 1. The standard InChI is InChI=1S/C16H22ClNO3/c1-10(2)12-8-7-11(3)9-15(12)21-14-6-4-5-13(17)16(14)18(19)20/h4-6,10-12,15H,7-9H2,1-3H3. The van der Waals surface area contributed by atoms with Gasteiger partial charge in [0.05, 0.1) is 4.92 Å². The van der Waals surface area contributed by atoms with Gasteiger partial charge in [-0.15, -0.1) is 0 Å². The molecule has 0 N–H and O–H groups in total. The molecular formula is C16H22ClNO3. The van der Waals surface area contributed by atoms with Crippen LogP contribution >= 0.6 is 11.6 Å². The second-order valence-electron chi connectivity index (χ2n) is 6.33. The highest BCUT2D eigenvalue weighted by Crippen LogP contribution is 2.40. The van der Waals surface area contributed by atoms with Crippen LogP contribution in [0.5, 0.6) is 5.75 Å². The van der Waals surface area contributed by atoms with Gasteiger partial charge in [0, 0.05) is 0 Å². The molecule has 2 rings (SSSR count). The lowest BCUT2D eigenvalue weighted by Gasteiger charge is -2.37. The Balaban J connectivity index is 2.27. The molecule has 4 nitrogen and oxygen atoms in total. The summed E-state index contributed by atoms with van der Waals surface area (Å²) in [4.78, 5) is 10.7. The van der Waals surface area contributed by atoms with E-state index in [0.717, 1.165) is 12.8 Å². The Morgan fingerprint density at radius 3 is 2.71 bits per heavy atom. The van der Waals surface area contributed by atoms with Crippen molar-refractivity contribution in [1.82, 2.24) is 0 Å². The molecule has 3 atom stereocenters. The third-order valence-electron chi connectivity index (χ3n) is 4.37. The van der Waals surface area contributed by atoms with Gasteiger partial charge < -0.3 is 4.74 Å². The Labute approximate surface area is 130 Å². The van der Waals surface area contributed by atoms with Gasteiger partial charge in [-0.3, -0.25) is 10.1 Å². The van der Waals surface area contributed by atoms with Crippen LogP contribution < -0.4 is 4.74 Å². The number of nitro benzene ring substituents is 1. The highest BCUT2D eigenvalue weighted by Gasteiger charge is 2.34. The van der Waals surface area contributed by atoms with Crippen LogP contribution in [-0.2, 0) is 0 Å². The zero-order valence-corrected chi connectivity index (χ0v) is 13.5. The maximum Gasteiger partial charge on any atom is 0.329 e. The van der Waals surface area contributed by atoms with Crippen molar-refractivity contribution in [3.8, 4) is 5.75 Å². The zero-order chi connectivity index (χ0) is 15.6. The smallest absolute Gasteiger partial charge is 0.329 e. The van der Waals surface area contributed by atoms with E-state index in [0.29, 0.717) is 17.8 Å². The summed E-state index contributed by atoms with van der Waals surface area (Å²) in [6.07, 6.45) is 3.26. The number of hydrogen-bond donors (Lipinski definition) is 0. The highest BCUT2D eigenvalue weighted by atomic mass is 35.5. The van der Waals surface area contributed by atoms with Gasteiger partial charge in [-0.25, -0.2) is 0 Å². The molecule has 0 saturated heterocycles. The Kier molecular flexibility index (Phi) is 5.09. The molecule has 0 aliphatic heterocycles. The summed E-state index contributed by atoms with van der Waals surface area (Å²) in [5.41, 5.74) is -0.125. The van der Waals surface area contributed by atoms with Crippen LogP contribution in [0.25, 0.3) is 0 Å². The minimum absolute atomic E-state index is 0.0194. The van der Waals surface area contributed by atoms with Crippen molar-refractivity contribution in [3.05, 3.63) is 33.3 Å². The fraction of sp³-hybridized carbons (Fsp3) is 0.625. The molecule has 5 heteroatoms. The Bertz CT molecular complexity index is 518. The van der Waals surface area contributed by atoms with Crippen molar-refractivity contribution >= 4 is 17.3 Å². The van der Waals surface area contributed by atoms with Gasteiger partial charge in [-0.05, 0) is 42.7 Å². The van der Waals surface area contributed by atoms with Crippen molar-refractivity contribution in [2.75, 3.05) is 0 Å². The number of rotatable bonds is 4. The first-order valence-electron chi connectivity index (χ1n) is 7.49. The van der Waals surface area contributed by atoms with Crippen LogP contribution in [0.15, 0.2) is 18.2 Å². The first-order chi connectivity index (χ1) is 9.90. The van der Waals surface area contributed by atoms with Gasteiger partial charge >= 0.3 is 5.69 Å². The van der Waals surface area contributed by atoms with Crippen LogP contribution in [0, 0.1) is 27.9 Å². The van der Waals surface area contributed by atoms with Gasteiger partial charge in [0.25, 0.3) is 0 Å². The molecule has 1 fully saturated rings. The van der Waals surface area contributed by atoms with Crippen LogP contribution in [0.1, 0.15) is 40.0 Å². The van der Waals surface area contributed by atoms with Crippen molar-refractivity contribution in [2.45, 2.75) is 46.1 Å². The van der Waals surface area contributed by atoms with Gasteiger partial charge in [-0.1, -0.05) is 44.9 Å². The number of ether oxygens (including phenoxy) is 1. The molecule has 1 aliphatic rings. The predicted molar refractivity (Wildman–Crippen MR) is 83.9 cm³/mol. The van der Waals surface area contributed by atoms with E-state index in [1.54, 1.807) is 12.1 Å². The van der Waals surface area contributed by atoms with E-state index in [1.807, 2.05) is 0 Å². The normalized spacial score (nSPS) is 25.9. The van der Waals surface area contributed by atoms with Crippen molar-refractivity contribution < 1.29 is 9.66 Å². The van der Waals surface area contributed by atoms with Crippen LogP contribution in [0.4, 0.5) is 5.69 Å². The first-order valence-corrected chi connectivity index (χ1v) is 7.87. The lowest BCUT2D eigenvalue weighted by molar-refractivity contribution is -0.386. The van der Waals surface area contributed by atoms with E-state index in [2.05, 4.69) is 20.8 Å². The Morgan fingerprint density at radius 1 is 1.38 bits per heavy atom. The number of nitrogens with zero attached hydrogens (tertiary/aromatic N) is 1. The van der Waals surface area contributed by atoms with Gasteiger partial charge in [0.2, 0.25) is 0 Å². The summed E-state index contributed by atoms with van der Waals surface area (Å²) in [7, 11) is 0. The lowest BCUT2D eigenvalue weighted by atomic mass is 9.75. The molecular weight excluding hydrogens is 290 g/mol. The van der Waals surface area contributed by atoms with Gasteiger partial charge in [0.1, 0.15) is 11.1 Å². The molecule has 0 aromatic heterocycles. The minimum Gasteiger partial charge on any atom is -0.483 e. The number of hydrogen-bond acceptors (Lipinski definition) is 3. The van der Waals surface area contributed by atoms with E-state index in [9.17, 15) is 10.1 Å². The molecule has 1 aliphatic carbocycles. The van der Waals surface area contributed by atoms with Crippen molar-refractivity contribution in [2.24, 2.45) is 17.8 Å². The third kappa shape index (κ3) is 3.67. The molecule has 21 heavy (non-hydrogen) atoms. The summed E-state index contributed by atoms with van der Waals surface area (Å²) < 4.78 is 6.05. The number of para-hydroxylation sites is 1. The topological polar surface area (TPSA) is 52.4 Å². The van der Waals surface area contributed by atoms with Gasteiger partial charge in [0.15, 0.2) is 5.75 Å². The molecule has 0 spiro atoms. The second kappa shape index (κ2) is 6.65. The molecule has 1 aromatic carbocycles. The average Bonchev–Trinajstić information content (AvgIpc) is 2.37. The number of halogens is 1. The van der Waals surface area contributed by atoms with E-state index < -0.39 is 4.92 Å². The molecule has 0 heterocycles. The third-order valence-corrected chi connectivity index (χ3v) is 4.68. The fourth-order valence-corrected chi connectivity index (χ4v) is 3.42. The predicted octanol–water partition coefficient (Wildman–Crippen LogP) is 5.09. The van der Waals surface area contributed by atoms with Crippen LogP contribution in [0.2, 0.25) is 5.02 Å². The SMILES string of the molecule is CC1CCC(C(C)C)C(Oc2cccc(Cl)c2[N+](=O)[O-])C1. The van der Waals surface area contributed by atoms with Crippen LogP contribution in [-0.4, -0.2) is 11.0 Å². The van der Waals surface area contributed by atoms with E-state index >= 15 is 0 Å². The van der Waals surface area contributed by atoms with E-state index in [1.165, 1.54) is 12.5 Å². The lowest BCUT2D eigenvalue weighted by Crippen LogP contribution is -2.36. The molecule has 0 amide bonds. The molecule has 3 unspecified atom stereocenters. The first kappa shape index (κ1) is 16.1. The maximum atomic E-state index is 11.2. The monoisotopic (exact) mass is 311 g/mol. The zero-order valence-electron chi connectivity index (χ0n) is 12.7. The Hall–Kier alpha value is -1.29. The van der Waals surface area contributed by atoms with E-state index in [-0.39, 0.29) is 22.6 Å². The van der Waals surface area contributed by atoms with Crippen molar-refractivity contribution in [3.63, 3.8) is 0 Å². The average molecular weight is 312 g/mol. The summed E-state index contributed by atoms with van der Waals surface area (Å²) in [6.45, 7) is 6.58. The fourth-order valence-electron chi connectivity index (χ4n) is 3.18. The minimum atomic E-state index is -0.464. The molecule has 1 saturated carbocycles. The number of nitro groups is 1. The van der Waals surface area contributed by atoms with Crippen LogP contribution in [0.3, 0.4) is 0 Å². The molecule has 0 bridgehead atoms. The quantitative estimate of drug-likeness (QED) is 0.575. The molecule has 0 radical (unpaired) electrons. The molecule has 116 valence electrons. The van der Waals surface area contributed by atoms with Gasteiger partial charge in [-0.2, -0.15) is 0 Å². The largest absolute Gasteiger partial charge is 0.483 e. The summed E-state index contributed by atoms with van der Waals surface area (Å²) >= 11 is 5.95.